The number of esters is 1. The van der Waals surface area contributed by atoms with Crippen molar-refractivity contribution in [2.75, 3.05) is 11.1 Å². The average Bonchev–Trinajstić information content (AvgIpc) is 2.66. The van der Waals surface area contributed by atoms with E-state index in [1.807, 2.05) is 30.3 Å². The SMILES string of the molecule is CCc1ccccc1Nc1nc(N)nc(COC(=O)c2ccccc2Br)n1. The van der Waals surface area contributed by atoms with E-state index >= 15 is 0 Å². The molecule has 1 heterocycles. The molecule has 2 aromatic carbocycles. The van der Waals surface area contributed by atoms with Gasteiger partial charge in [-0.25, -0.2) is 4.79 Å². The molecule has 0 unspecified atom stereocenters. The first kappa shape index (κ1) is 18.8. The van der Waals surface area contributed by atoms with Crippen LogP contribution in [0, 0.1) is 0 Å². The molecule has 0 aliphatic rings. The fourth-order valence-electron chi connectivity index (χ4n) is 2.46. The summed E-state index contributed by atoms with van der Waals surface area (Å²) in [6.07, 6.45) is 0.861. The predicted octanol–water partition coefficient (Wildman–Crippen LogP) is 3.88. The van der Waals surface area contributed by atoms with Crippen LogP contribution in [-0.4, -0.2) is 20.9 Å². The van der Waals surface area contributed by atoms with Crippen molar-refractivity contribution in [3.05, 3.63) is 70.0 Å². The van der Waals surface area contributed by atoms with Crippen molar-refractivity contribution in [3.8, 4) is 0 Å². The fourth-order valence-corrected chi connectivity index (χ4v) is 2.91. The summed E-state index contributed by atoms with van der Waals surface area (Å²) in [7, 11) is 0. The van der Waals surface area contributed by atoms with Gasteiger partial charge in [-0.1, -0.05) is 37.3 Å². The molecule has 0 bridgehead atoms. The molecule has 0 radical (unpaired) electrons. The smallest absolute Gasteiger partial charge is 0.339 e. The Morgan fingerprint density at radius 2 is 1.85 bits per heavy atom. The largest absolute Gasteiger partial charge is 0.454 e. The number of ether oxygens (including phenoxy) is 1. The van der Waals surface area contributed by atoms with E-state index in [4.69, 9.17) is 10.5 Å². The van der Waals surface area contributed by atoms with E-state index in [2.05, 4.69) is 43.1 Å². The molecular weight excluding hydrogens is 410 g/mol. The number of carbonyl (C=O) groups is 1. The van der Waals surface area contributed by atoms with Gasteiger partial charge in [0.05, 0.1) is 5.56 Å². The van der Waals surface area contributed by atoms with Gasteiger partial charge in [-0.2, -0.15) is 15.0 Å². The monoisotopic (exact) mass is 427 g/mol. The zero-order valence-corrected chi connectivity index (χ0v) is 16.2. The second-order valence-corrected chi connectivity index (χ2v) is 6.48. The van der Waals surface area contributed by atoms with Crippen LogP contribution in [0.2, 0.25) is 0 Å². The average molecular weight is 428 g/mol. The third kappa shape index (κ3) is 4.79. The van der Waals surface area contributed by atoms with Crippen molar-refractivity contribution in [2.45, 2.75) is 20.0 Å². The maximum atomic E-state index is 12.2. The van der Waals surface area contributed by atoms with Crippen LogP contribution in [0.3, 0.4) is 0 Å². The van der Waals surface area contributed by atoms with Gasteiger partial charge in [0.2, 0.25) is 11.9 Å². The highest BCUT2D eigenvalue weighted by Crippen LogP contribution is 2.20. The third-order valence-electron chi connectivity index (χ3n) is 3.77. The first-order chi connectivity index (χ1) is 13.1. The highest BCUT2D eigenvalue weighted by molar-refractivity contribution is 9.10. The lowest BCUT2D eigenvalue weighted by Gasteiger charge is -2.11. The summed E-state index contributed by atoms with van der Waals surface area (Å²) in [5, 5.41) is 3.14. The Balaban J connectivity index is 1.74. The standard InChI is InChI=1S/C19H18BrN5O2/c1-2-12-7-3-6-10-15(12)22-19-24-16(23-18(21)25-19)11-27-17(26)13-8-4-5-9-14(13)20/h3-10H,2,11H2,1H3,(H3,21,22,23,24,25). The number of aromatic nitrogens is 3. The number of hydrogen-bond donors (Lipinski definition) is 2. The van der Waals surface area contributed by atoms with Crippen LogP contribution in [0.25, 0.3) is 0 Å². The Labute approximate surface area is 165 Å². The number of aryl methyl sites for hydroxylation is 1. The maximum absolute atomic E-state index is 12.2. The second-order valence-electron chi connectivity index (χ2n) is 5.63. The van der Waals surface area contributed by atoms with Crippen LogP contribution < -0.4 is 11.1 Å². The molecule has 138 valence electrons. The number of nitrogens with two attached hydrogens (primary N) is 1. The van der Waals surface area contributed by atoms with Crippen LogP contribution in [0.4, 0.5) is 17.6 Å². The number of rotatable bonds is 6. The molecule has 0 saturated carbocycles. The topological polar surface area (TPSA) is 103 Å². The van der Waals surface area contributed by atoms with E-state index in [9.17, 15) is 4.79 Å². The van der Waals surface area contributed by atoms with Gasteiger partial charge < -0.3 is 15.8 Å². The number of carbonyl (C=O) groups excluding carboxylic acids is 1. The minimum atomic E-state index is -0.479. The second kappa shape index (κ2) is 8.59. The number of para-hydroxylation sites is 1. The Hall–Kier alpha value is -3.00. The lowest BCUT2D eigenvalue weighted by Crippen LogP contribution is -2.11. The predicted molar refractivity (Wildman–Crippen MR) is 107 cm³/mol. The molecule has 0 amide bonds. The van der Waals surface area contributed by atoms with Gasteiger partial charge in [0.1, 0.15) is 0 Å². The van der Waals surface area contributed by atoms with Crippen LogP contribution in [0.1, 0.15) is 28.7 Å². The number of nitrogens with one attached hydrogen (secondary N) is 1. The summed E-state index contributed by atoms with van der Waals surface area (Å²) in [4.78, 5) is 24.6. The molecule has 0 saturated heterocycles. The Bertz CT molecular complexity index is 964. The van der Waals surface area contributed by atoms with Gasteiger partial charge in [0.15, 0.2) is 12.4 Å². The molecule has 0 aliphatic carbocycles. The highest BCUT2D eigenvalue weighted by atomic mass is 79.9. The maximum Gasteiger partial charge on any atom is 0.339 e. The van der Waals surface area contributed by atoms with Crippen molar-refractivity contribution in [2.24, 2.45) is 0 Å². The van der Waals surface area contributed by atoms with Crippen LogP contribution in [-0.2, 0) is 17.8 Å². The van der Waals surface area contributed by atoms with Gasteiger partial charge in [-0.05, 0) is 46.1 Å². The number of halogens is 1. The zero-order chi connectivity index (χ0) is 19.2. The van der Waals surface area contributed by atoms with E-state index in [0.29, 0.717) is 16.0 Å². The zero-order valence-electron chi connectivity index (χ0n) is 14.6. The van der Waals surface area contributed by atoms with Crippen molar-refractivity contribution in [3.63, 3.8) is 0 Å². The van der Waals surface area contributed by atoms with Crippen molar-refractivity contribution in [1.29, 1.82) is 0 Å². The van der Waals surface area contributed by atoms with Gasteiger partial charge in [-0.3, -0.25) is 0 Å². The minimum Gasteiger partial charge on any atom is -0.454 e. The molecule has 0 atom stereocenters. The summed E-state index contributed by atoms with van der Waals surface area (Å²) in [6, 6.07) is 14.9. The molecule has 3 N–H and O–H groups in total. The number of hydrogen-bond acceptors (Lipinski definition) is 7. The summed E-state index contributed by atoms with van der Waals surface area (Å²) in [6.45, 7) is 1.95. The molecule has 0 spiro atoms. The van der Waals surface area contributed by atoms with E-state index in [1.165, 1.54) is 0 Å². The first-order valence-electron chi connectivity index (χ1n) is 8.34. The molecule has 1 aromatic heterocycles. The van der Waals surface area contributed by atoms with E-state index < -0.39 is 5.97 Å². The van der Waals surface area contributed by atoms with Crippen molar-refractivity contribution >= 4 is 39.5 Å². The lowest BCUT2D eigenvalue weighted by molar-refractivity contribution is 0.0461. The molecule has 27 heavy (non-hydrogen) atoms. The van der Waals surface area contributed by atoms with Gasteiger partial charge in [0, 0.05) is 10.2 Å². The summed E-state index contributed by atoms with van der Waals surface area (Å²) in [5.41, 5.74) is 8.21. The molecule has 8 heteroatoms. The molecule has 7 nitrogen and oxygen atoms in total. The first-order valence-corrected chi connectivity index (χ1v) is 9.13. The summed E-state index contributed by atoms with van der Waals surface area (Å²) in [5.74, 6) is 0.135. The Morgan fingerprint density at radius 1 is 1.11 bits per heavy atom. The quantitative estimate of drug-likeness (QED) is 0.575. The van der Waals surface area contributed by atoms with Crippen LogP contribution in [0.15, 0.2) is 53.0 Å². The number of anilines is 3. The Kier molecular flexibility index (Phi) is 5.97. The number of nitrogens with zero attached hydrogens (tertiary/aromatic N) is 3. The highest BCUT2D eigenvalue weighted by Gasteiger charge is 2.13. The molecule has 0 aliphatic heterocycles. The van der Waals surface area contributed by atoms with E-state index in [1.54, 1.807) is 18.2 Å². The van der Waals surface area contributed by atoms with Crippen LogP contribution in [0.5, 0.6) is 0 Å². The van der Waals surface area contributed by atoms with E-state index in [0.717, 1.165) is 17.7 Å². The van der Waals surface area contributed by atoms with Gasteiger partial charge >= 0.3 is 5.97 Å². The normalized spacial score (nSPS) is 10.4. The molecule has 0 fully saturated rings. The lowest BCUT2D eigenvalue weighted by atomic mass is 10.1. The van der Waals surface area contributed by atoms with Crippen molar-refractivity contribution < 1.29 is 9.53 Å². The van der Waals surface area contributed by atoms with Gasteiger partial charge in [0.25, 0.3) is 0 Å². The van der Waals surface area contributed by atoms with E-state index in [-0.39, 0.29) is 18.4 Å². The Morgan fingerprint density at radius 3 is 2.63 bits per heavy atom. The number of benzene rings is 2. The van der Waals surface area contributed by atoms with Crippen LogP contribution >= 0.6 is 15.9 Å². The van der Waals surface area contributed by atoms with Crippen molar-refractivity contribution in [1.82, 2.24) is 15.0 Å². The summed E-state index contributed by atoms with van der Waals surface area (Å²) < 4.78 is 5.95. The van der Waals surface area contributed by atoms with Gasteiger partial charge in [-0.15, -0.1) is 0 Å². The number of nitrogen functional groups attached to an aromatic ring is 1. The molecule has 3 rings (SSSR count). The molecule has 3 aromatic rings. The molecular formula is C19H18BrN5O2. The third-order valence-corrected chi connectivity index (χ3v) is 4.46. The fraction of sp³-hybridized carbons (Fsp3) is 0.158. The summed E-state index contributed by atoms with van der Waals surface area (Å²) >= 11 is 3.32. The minimum absolute atomic E-state index is 0.0495.